The number of nitrogens with zero attached hydrogens (tertiary/aromatic N) is 6. The van der Waals surface area contributed by atoms with Crippen LogP contribution in [0.15, 0.2) is 34.2 Å². The number of nitrogens with one attached hydrogen (secondary N) is 1. The van der Waals surface area contributed by atoms with Crippen LogP contribution in [0.1, 0.15) is 17.7 Å². The second-order valence-corrected chi connectivity index (χ2v) is 6.36. The lowest BCUT2D eigenvalue weighted by Crippen LogP contribution is -2.52. The second kappa shape index (κ2) is 8.66. The number of piperazine rings is 1. The van der Waals surface area contributed by atoms with Gasteiger partial charge in [0.05, 0.1) is 11.9 Å². The molecule has 0 spiro atoms. The molecular weight excluding hydrogens is 318 g/mol. The first-order valence-electron chi connectivity index (χ1n) is 8.81. The molecule has 0 amide bonds. The van der Waals surface area contributed by atoms with E-state index < -0.39 is 0 Å². The standard InChI is InChI=1S/C17H27N7O/c1-15-12-20-24(13-15)6-3-5-19-17(18-2)23-9-7-22(8-10-23)14-16-4-11-25-21-16/h4,11-13H,3,5-10,14H2,1-2H3,(H,18,19). The molecule has 0 bridgehead atoms. The number of aromatic nitrogens is 3. The van der Waals surface area contributed by atoms with Crippen LogP contribution in [0, 0.1) is 6.92 Å². The van der Waals surface area contributed by atoms with E-state index in [0.717, 1.165) is 63.9 Å². The van der Waals surface area contributed by atoms with E-state index in [4.69, 9.17) is 4.52 Å². The highest BCUT2D eigenvalue weighted by Gasteiger charge is 2.20. The minimum absolute atomic E-state index is 0.847. The number of guanidine groups is 1. The first-order chi connectivity index (χ1) is 12.2. The van der Waals surface area contributed by atoms with E-state index in [0.29, 0.717) is 0 Å². The monoisotopic (exact) mass is 345 g/mol. The highest BCUT2D eigenvalue weighted by Crippen LogP contribution is 2.07. The summed E-state index contributed by atoms with van der Waals surface area (Å²) in [6.07, 6.45) is 6.61. The molecule has 8 heteroatoms. The van der Waals surface area contributed by atoms with E-state index >= 15 is 0 Å². The molecule has 1 saturated heterocycles. The highest BCUT2D eigenvalue weighted by molar-refractivity contribution is 5.79. The lowest BCUT2D eigenvalue weighted by molar-refractivity contribution is 0.169. The molecule has 0 radical (unpaired) electrons. The number of aliphatic imine (C=N–C) groups is 1. The van der Waals surface area contributed by atoms with Crippen molar-refractivity contribution in [1.29, 1.82) is 0 Å². The van der Waals surface area contributed by atoms with Crippen LogP contribution in [0.5, 0.6) is 0 Å². The van der Waals surface area contributed by atoms with E-state index in [9.17, 15) is 0 Å². The van der Waals surface area contributed by atoms with Crippen LogP contribution < -0.4 is 5.32 Å². The molecule has 0 saturated carbocycles. The first-order valence-corrected chi connectivity index (χ1v) is 8.81. The molecule has 1 aliphatic rings. The minimum Gasteiger partial charge on any atom is -0.364 e. The van der Waals surface area contributed by atoms with Crippen molar-refractivity contribution in [2.75, 3.05) is 39.8 Å². The van der Waals surface area contributed by atoms with Gasteiger partial charge in [0, 0.05) is 65.1 Å². The summed E-state index contributed by atoms with van der Waals surface area (Å²) in [7, 11) is 1.85. The molecule has 1 N–H and O–H groups in total. The van der Waals surface area contributed by atoms with E-state index in [1.54, 1.807) is 6.26 Å². The van der Waals surface area contributed by atoms with Gasteiger partial charge in [-0.05, 0) is 18.9 Å². The molecule has 8 nitrogen and oxygen atoms in total. The SMILES string of the molecule is CN=C(NCCCn1cc(C)cn1)N1CCN(Cc2ccon2)CC1. The average molecular weight is 345 g/mol. The lowest BCUT2D eigenvalue weighted by atomic mass is 10.3. The molecule has 1 fully saturated rings. The smallest absolute Gasteiger partial charge is 0.193 e. The summed E-state index contributed by atoms with van der Waals surface area (Å²) >= 11 is 0. The van der Waals surface area contributed by atoms with Crippen LogP contribution >= 0.6 is 0 Å². The number of aryl methyl sites for hydroxylation is 2. The average Bonchev–Trinajstić information content (AvgIpc) is 3.28. The van der Waals surface area contributed by atoms with Crippen molar-refractivity contribution in [2.45, 2.75) is 26.4 Å². The van der Waals surface area contributed by atoms with Crippen molar-refractivity contribution < 1.29 is 4.52 Å². The second-order valence-electron chi connectivity index (χ2n) is 6.36. The fourth-order valence-electron chi connectivity index (χ4n) is 3.03. The van der Waals surface area contributed by atoms with Gasteiger partial charge in [0.1, 0.15) is 6.26 Å². The van der Waals surface area contributed by atoms with E-state index in [2.05, 4.69) is 43.5 Å². The Labute approximate surface area is 148 Å². The summed E-state index contributed by atoms with van der Waals surface area (Å²) in [6, 6.07) is 1.92. The van der Waals surface area contributed by atoms with Crippen molar-refractivity contribution in [3.8, 4) is 0 Å². The summed E-state index contributed by atoms with van der Waals surface area (Å²) < 4.78 is 6.89. The van der Waals surface area contributed by atoms with Gasteiger partial charge < -0.3 is 14.7 Å². The summed E-state index contributed by atoms with van der Waals surface area (Å²) in [5, 5.41) is 11.8. The van der Waals surface area contributed by atoms with Crippen LogP contribution in [-0.2, 0) is 13.1 Å². The summed E-state index contributed by atoms with van der Waals surface area (Å²) in [4.78, 5) is 9.13. The zero-order valence-electron chi connectivity index (χ0n) is 15.1. The van der Waals surface area contributed by atoms with Crippen LogP contribution in [0.4, 0.5) is 0 Å². The highest BCUT2D eigenvalue weighted by atomic mass is 16.5. The summed E-state index contributed by atoms with van der Waals surface area (Å²) in [5.74, 6) is 0.984. The normalized spacial score (nSPS) is 16.4. The molecule has 0 aromatic carbocycles. The predicted octanol–water partition coefficient (Wildman–Crippen LogP) is 0.963. The van der Waals surface area contributed by atoms with E-state index in [1.165, 1.54) is 5.56 Å². The Morgan fingerprint density at radius 2 is 2.16 bits per heavy atom. The number of hydrogen-bond acceptors (Lipinski definition) is 5. The minimum atomic E-state index is 0.847. The molecule has 3 heterocycles. The third-order valence-corrected chi connectivity index (χ3v) is 4.37. The first kappa shape index (κ1) is 17.5. The van der Waals surface area contributed by atoms with Crippen LogP contribution in [-0.4, -0.2) is 70.5 Å². The van der Waals surface area contributed by atoms with Crippen molar-refractivity contribution in [3.63, 3.8) is 0 Å². The van der Waals surface area contributed by atoms with Gasteiger partial charge in [0.25, 0.3) is 0 Å². The van der Waals surface area contributed by atoms with Crippen molar-refractivity contribution in [2.24, 2.45) is 4.99 Å². The molecule has 2 aromatic rings. The molecule has 136 valence electrons. The van der Waals surface area contributed by atoms with Gasteiger partial charge in [-0.3, -0.25) is 14.6 Å². The summed E-state index contributed by atoms with van der Waals surface area (Å²) in [6.45, 7) is 8.66. The third kappa shape index (κ3) is 5.06. The van der Waals surface area contributed by atoms with Gasteiger partial charge in [0.2, 0.25) is 0 Å². The molecular formula is C17H27N7O. The van der Waals surface area contributed by atoms with Gasteiger partial charge >= 0.3 is 0 Å². The Balaban J connectivity index is 1.37. The predicted molar refractivity (Wildman–Crippen MR) is 96.3 cm³/mol. The largest absolute Gasteiger partial charge is 0.364 e. The maximum absolute atomic E-state index is 4.90. The topological polar surface area (TPSA) is 74.7 Å². The van der Waals surface area contributed by atoms with Crippen molar-refractivity contribution >= 4 is 5.96 Å². The molecule has 0 aliphatic carbocycles. The fraction of sp³-hybridized carbons (Fsp3) is 0.588. The number of hydrogen-bond donors (Lipinski definition) is 1. The van der Waals surface area contributed by atoms with Crippen LogP contribution in [0.2, 0.25) is 0 Å². The van der Waals surface area contributed by atoms with Crippen LogP contribution in [0.3, 0.4) is 0 Å². The third-order valence-electron chi connectivity index (χ3n) is 4.37. The molecule has 0 unspecified atom stereocenters. The molecule has 0 atom stereocenters. The van der Waals surface area contributed by atoms with E-state index in [-0.39, 0.29) is 0 Å². The maximum Gasteiger partial charge on any atom is 0.193 e. The van der Waals surface area contributed by atoms with Gasteiger partial charge in [-0.2, -0.15) is 5.10 Å². The van der Waals surface area contributed by atoms with Gasteiger partial charge in [0.15, 0.2) is 5.96 Å². The Kier molecular flexibility index (Phi) is 6.05. The Hall–Kier alpha value is -2.35. The maximum atomic E-state index is 4.90. The van der Waals surface area contributed by atoms with Gasteiger partial charge in [-0.25, -0.2) is 0 Å². The zero-order valence-corrected chi connectivity index (χ0v) is 15.1. The van der Waals surface area contributed by atoms with Gasteiger partial charge in [-0.1, -0.05) is 5.16 Å². The molecule has 25 heavy (non-hydrogen) atoms. The lowest BCUT2D eigenvalue weighted by Gasteiger charge is -2.36. The quantitative estimate of drug-likeness (QED) is 0.478. The zero-order chi connectivity index (χ0) is 17.5. The molecule has 3 rings (SSSR count). The van der Waals surface area contributed by atoms with E-state index in [1.807, 2.05) is 24.0 Å². The van der Waals surface area contributed by atoms with Crippen LogP contribution in [0.25, 0.3) is 0 Å². The fourth-order valence-corrected chi connectivity index (χ4v) is 3.03. The number of rotatable bonds is 6. The molecule has 2 aromatic heterocycles. The summed E-state index contributed by atoms with van der Waals surface area (Å²) in [5.41, 5.74) is 2.19. The molecule has 1 aliphatic heterocycles. The van der Waals surface area contributed by atoms with Crippen molar-refractivity contribution in [1.82, 2.24) is 30.1 Å². The van der Waals surface area contributed by atoms with Crippen molar-refractivity contribution in [3.05, 3.63) is 36.0 Å². The van der Waals surface area contributed by atoms with Gasteiger partial charge in [-0.15, -0.1) is 0 Å². The Morgan fingerprint density at radius 3 is 2.80 bits per heavy atom. The Bertz CT molecular complexity index is 656. The Morgan fingerprint density at radius 1 is 1.32 bits per heavy atom.